The van der Waals surface area contributed by atoms with Crippen LogP contribution in [0.15, 0.2) is 29.3 Å². The summed E-state index contributed by atoms with van der Waals surface area (Å²) in [5.74, 6) is -0.763. The van der Waals surface area contributed by atoms with Gasteiger partial charge in [-0.1, -0.05) is 24.3 Å². The highest BCUT2D eigenvalue weighted by Crippen LogP contribution is 2.26. The lowest BCUT2D eigenvalue weighted by Gasteiger charge is -2.34. The number of carbonyl (C=O) groups excluding carboxylic acids is 3. The van der Waals surface area contributed by atoms with Gasteiger partial charge in [-0.3, -0.25) is 28.6 Å². The third-order valence-corrected chi connectivity index (χ3v) is 5.63. The molecule has 35 heavy (non-hydrogen) atoms. The molecule has 1 saturated heterocycles. The van der Waals surface area contributed by atoms with E-state index in [0.717, 1.165) is 35.4 Å². The van der Waals surface area contributed by atoms with E-state index in [1.807, 2.05) is 24.3 Å². The van der Waals surface area contributed by atoms with Crippen molar-refractivity contribution in [3.63, 3.8) is 0 Å². The first-order valence-corrected chi connectivity index (χ1v) is 12.5. The van der Waals surface area contributed by atoms with Crippen LogP contribution in [0.5, 0.6) is 0 Å². The fourth-order valence-electron chi connectivity index (χ4n) is 4.13. The minimum Gasteiger partial charge on any atom is -0.370 e. The second-order valence-corrected chi connectivity index (χ2v) is 9.03. The molecule has 0 spiro atoms. The number of fused-ring (bicyclic) bond motifs is 1. The molecule has 3 atom stereocenters. The van der Waals surface area contributed by atoms with E-state index >= 15 is 0 Å². The second kappa shape index (κ2) is 13.3. The molecule has 2 heterocycles. The molecule has 14 heteroatoms. The number of carbonyl (C=O) groups is 3. The average molecular weight is 513 g/mol. The summed E-state index contributed by atoms with van der Waals surface area (Å²) in [6.07, 6.45) is 3.78. The van der Waals surface area contributed by atoms with E-state index in [1.165, 1.54) is 0 Å². The van der Waals surface area contributed by atoms with Crippen LogP contribution in [-0.2, 0) is 31.2 Å². The number of nitrogens with zero attached hydrogens (tertiary/aromatic N) is 2. The lowest BCUT2D eigenvalue weighted by atomic mass is 9.92. The third-order valence-electron chi connectivity index (χ3n) is 5.63. The highest BCUT2D eigenvalue weighted by atomic mass is 32.3. The number of rotatable bonds is 8. The summed E-state index contributed by atoms with van der Waals surface area (Å²) in [5, 5.41) is 6.37. The van der Waals surface area contributed by atoms with Gasteiger partial charge in [0.05, 0.1) is 12.1 Å². The summed E-state index contributed by atoms with van der Waals surface area (Å²) in [5.41, 5.74) is 12.6. The molecular weight excluding hydrogens is 480 g/mol. The number of hydrogen-bond acceptors (Lipinski definition) is 8. The van der Waals surface area contributed by atoms with Crippen molar-refractivity contribution in [3.8, 4) is 0 Å². The summed E-state index contributed by atoms with van der Waals surface area (Å²) < 4.78 is 31.6. The van der Waals surface area contributed by atoms with Crippen molar-refractivity contribution < 1.29 is 31.9 Å². The monoisotopic (exact) mass is 512 g/mol. The normalized spacial score (nSPS) is 19.9. The van der Waals surface area contributed by atoms with Gasteiger partial charge in [0.2, 0.25) is 5.91 Å². The zero-order chi connectivity index (χ0) is 26.0. The Balaban J connectivity index is 0.000000784. The van der Waals surface area contributed by atoms with Gasteiger partial charge >= 0.3 is 10.4 Å². The third kappa shape index (κ3) is 8.99. The Hall–Kier alpha value is -2.91. The van der Waals surface area contributed by atoms with E-state index in [-0.39, 0.29) is 17.8 Å². The standard InChI is InChI=1S/C21H30N6O3.H2O4S/c22-21(23)26-11-3-6-15(13-28)27(19(29)17-8-4-10-24-17)20(30)18-16-7-2-1-5-14(16)9-12-25-18;1-5(2,3)4/h1-2,5,7,13,15,17-18,24-25H,3-4,6,8-12H2,(H4,22,23,26);(H2,1,2,3,4)/t15-,17-,18?;/m0./s1. The molecule has 2 aliphatic heterocycles. The van der Waals surface area contributed by atoms with Crippen molar-refractivity contribution in [1.82, 2.24) is 15.5 Å². The highest BCUT2D eigenvalue weighted by molar-refractivity contribution is 7.79. The molecule has 1 aromatic rings. The van der Waals surface area contributed by atoms with E-state index in [2.05, 4.69) is 15.6 Å². The van der Waals surface area contributed by atoms with Crippen LogP contribution in [0.2, 0.25) is 0 Å². The Labute approximate surface area is 203 Å². The van der Waals surface area contributed by atoms with Gasteiger partial charge < -0.3 is 26.9 Å². The topological polar surface area (TPSA) is 218 Å². The van der Waals surface area contributed by atoms with Crippen molar-refractivity contribution in [2.75, 3.05) is 19.6 Å². The molecular formula is C21H32N6O7S. The Bertz CT molecular complexity index is 1010. The number of benzene rings is 1. The molecule has 13 nitrogen and oxygen atoms in total. The number of amides is 2. The van der Waals surface area contributed by atoms with E-state index < -0.39 is 28.5 Å². The molecule has 0 aromatic heterocycles. The summed E-state index contributed by atoms with van der Waals surface area (Å²) >= 11 is 0. The van der Waals surface area contributed by atoms with Crippen LogP contribution in [0, 0.1) is 0 Å². The molecule has 0 radical (unpaired) electrons. The van der Waals surface area contributed by atoms with Crippen LogP contribution in [-0.4, -0.2) is 78.2 Å². The zero-order valence-electron chi connectivity index (χ0n) is 19.2. The van der Waals surface area contributed by atoms with Gasteiger partial charge in [0.1, 0.15) is 12.3 Å². The molecule has 1 fully saturated rings. The van der Waals surface area contributed by atoms with E-state index in [9.17, 15) is 14.4 Å². The van der Waals surface area contributed by atoms with Crippen LogP contribution in [0.25, 0.3) is 0 Å². The predicted molar refractivity (Wildman–Crippen MR) is 128 cm³/mol. The molecule has 2 amide bonds. The summed E-state index contributed by atoms with van der Waals surface area (Å²) in [4.78, 5) is 43.9. The first kappa shape index (κ1) is 28.3. The zero-order valence-corrected chi connectivity index (χ0v) is 20.0. The van der Waals surface area contributed by atoms with Crippen molar-refractivity contribution in [2.45, 2.75) is 50.2 Å². The number of aldehydes is 1. The van der Waals surface area contributed by atoms with Gasteiger partial charge in [-0.15, -0.1) is 0 Å². The average Bonchev–Trinajstić information content (AvgIpc) is 3.34. The fraction of sp³-hybridized carbons (Fsp3) is 0.524. The SMILES string of the molecule is NC(N)=NCCC[C@@H](C=O)N(C(=O)C1NCCc2ccccc21)C(=O)[C@@H]1CCCN1.O=S(=O)(O)O. The van der Waals surface area contributed by atoms with E-state index in [1.54, 1.807) is 0 Å². The highest BCUT2D eigenvalue weighted by Gasteiger charge is 2.39. The fourth-order valence-corrected chi connectivity index (χ4v) is 4.13. The molecule has 8 N–H and O–H groups in total. The Kier molecular flexibility index (Phi) is 10.7. The van der Waals surface area contributed by atoms with Crippen molar-refractivity contribution >= 4 is 34.5 Å². The number of hydrogen-bond donors (Lipinski definition) is 6. The minimum atomic E-state index is -4.67. The van der Waals surface area contributed by atoms with Crippen molar-refractivity contribution in [3.05, 3.63) is 35.4 Å². The molecule has 0 saturated carbocycles. The second-order valence-electron chi connectivity index (χ2n) is 8.13. The first-order valence-electron chi connectivity index (χ1n) is 11.1. The van der Waals surface area contributed by atoms with Gasteiger partial charge in [0, 0.05) is 13.1 Å². The maximum absolute atomic E-state index is 13.6. The van der Waals surface area contributed by atoms with Crippen LogP contribution < -0.4 is 22.1 Å². The predicted octanol–water partition coefficient (Wildman–Crippen LogP) is -1.05. The molecule has 2 aliphatic rings. The van der Waals surface area contributed by atoms with Crippen molar-refractivity contribution in [2.24, 2.45) is 16.5 Å². The van der Waals surface area contributed by atoms with Crippen LogP contribution in [0.1, 0.15) is 42.9 Å². The lowest BCUT2D eigenvalue weighted by Crippen LogP contribution is -2.55. The summed E-state index contributed by atoms with van der Waals surface area (Å²) in [6, 6.07) is 5.74. The van der Waals surface area contributed by atoms with Gasteiger partial charge in [0.25, 0.3) is 5.91 Å². The van der Waals surface area contributed by atoms with Gasteiger partial charge in [-0.05, 0) is 49.8 Å². The molecule has 0 bridgehead atoms. The molecule has 1 aromatic carbocycles. The smallest absolute Gasteiger partial charge is 0.370 e. The minimum absolute atomic E-state index is 0.0279. The first-order chi connectivity index (χ1) is 16.5. The van der Waals surface area contributed by atoms with Crippen molar-refractivity contribution in [1.29, 1.82) is 0 Å². The molecule has 1 unspecified atom stereocenters. The number of nitrogens with two attached hydrogens (primary N) is 2. The van der Waals surface area contributed by atoms with E-state index in [4.69, 9.17) is 29.0 Å². The number of nitrogens with one attached hydrogen (secondary N) is 2. The Morgan fingerprint density at radius 1 is 1.17 bits per heavy atom. The van der Waals surface area contributed by atoms with E-state index in [0.29, 0.717) is 38.6 Å². The lowest BCUT2D eigenvalue weighted by molar-refractivity contribution is -0.152. The number of guanidine groups is 1. The van der Waals surface area contributed by atoms with Crippen LogP contribution in [0.4, 0.5) is 0 Å². The largest absolute Gasteiger partial charge is 0.394 e. The molecule has 3 rings (SSSR count). The maximum Gasteiger partial charge on any atom is 0.394 e. The van der Waals surface area contributed by atoms with Gasteiger partial charge in [-0.2, -0.15) is 8.42 Å². The Morgan fingerprint density at radius 3 is 2.46 bits per heavy atom. The van der Waals surface area contributed by atoms with Gasteiger partial charge in [0.15, 0.2) is 5.96 Å². The summed E-state index contributed by atoms with van der Waals surface area (Å²) in [6.45, 7) is 1.68. The molecule has 0 aliphatic carbocycles. The quantitative estimate of drug-likeness (QED) is 0.0616. The van der Waals surface area contributed by atoms with Gasteiger partial charge in [-0.25, -0.2) is 0 Å². The van der Waals surface area contributed by atoms with Crippen LogP contribution >= 0.6 is 0 Å². The Morgan fingerprint density at radius 2 is 1.86 bits per heavy atom. The molecule has 194 valence electrons. The maximum atomic E-state index is 13.6. The van der Waals surface area contributed by atoms with Crippen LogP contribution in [0.3, 0.4) is 0 Å². The number of imide groups is 1. The summed E-state index contributed by atoms with van der Waals surface area (Å²) in [7, 11) is -4.67. The number of aliphatic imine (C=N–C) groups is 1.